The smallest absolute Gasteiger partial charge is 0.139 e. The van der Waals surface area contributed by atoms with Crippen molar-refractivity contribution in [1.82, 2.24) is 0 Å². The third-order valence-corrected chi connectivity index (χ3v) is 8.63. The second kappa shape index (κ2) is 6.59. The minimum Gasteiger partial charge on any atom is -0.395 e. The summed E-state index contributed by atoms with van der Waals surface area (Å²) in [5.74, 6) is 2.12. The van der Waals surface area contributed by atoms with Crippen LogP contribution in [0.3, 0.4) is 0 Å². The number of nitrogens with zero attached hydrogens (tertiary/aromatic N) is 1. The Bertz CT molecular complexity index is 606. The second-order valence-corrected chi connectivity index (χ2v) is 9.70. The molecule has 26 heavy (non-hydrogen) atoms. The van der Waals surface area contributed by atoms with Crippen LogP contribution in [0, 0.1) is 34.5 Å². The van der Waals surface area contributed by atoms with E-state index in [0.717, 1.165) is 50.7 Å². The lowest BCUT2D eigenvalue weighted by molar-refractivity contribution is -0.158. The maximum absolute atomic E-state index is 12.5. The highest BCUT2D eigenvalue weighted by Crippen LogP contribution is 2.65. The van der Waals surface area contributed by atoms with Crippen molar-refractivity contribution in [2.24, 2.45) is 45.4 Å². The van der Waals surface area contributed by atoms with Gasteiger partial charge in [-0.3, -0.25) is 4.79 Å². The van der Waals surface area contributed by atoms with Crippen LogP contribution in [0.25, 0.3) is 0 Å². The van der Waals surface area contributed by atoms with Crippen LogP contribution in [0.2, 0.25) is 0 Å². The van der Waals surface area contributed by atoms with Crippen LogP contribution < -0.4 is 5.73 Å². The van der Waals surface area contributed by atoms with Gasteiger partial charge in [-0.2, -0.15) is 0 Å². The Balaban J connectivity index is 1.56. The van der Waals surface area contributed by atoms with E-state index in [4.69, 9.17) is 10.6 Å². The van der Waals surface area contributed by atoms with E-state index in [9.17, 15) is 9.90 Å². The fourth-order valence-corrected chi connectivity index (χ4v) is 7.07. The predicted molar refractivity (Wildman–Crippen MR) is 101 cm³/mol. The molecule has 0 aromatic carbocycles. The highest BCUT2D eigenvalue weighted by atomic mass is 16.6. The Labute approximate surface area is 156 Å². The highest BCUT2D eigenvalue weighted by Gasteiger charge is 2.62. The van der Waals surface area contributed by atoms with Crippen LogP contribution in [0.15, 0.2) is 5.16 Å². The summed E-state index contributed by atoms with van der Waals surface area (Å²) < 4.78 is 0. The standard InChI is InChI=1S/C21H34N2O3/c1-20-7-5-14(23-26-10-9-22)11-13(20)12-17(24)19-15-3-4-18(25)21(15,2)8-6-16(19)20/h13,15-17,19,24H,3-12,22H2,1-2H3/t13?,15-,16-,17+,19-,20-,21-/m0/s1. The van der Waals surface area contributed by atoms with E-state index in [1.54, 1.807) is 0 Å². The maximum Gasteiger partial charge on any atom is 0.139 e. The molecule has 0 radical (unpaired) electrons. The summed E-state index contributed by atoms with van der Waals surface area (Å²) in [6.07, 6.45) is 7.39. The van der Waals surface area contributed by atoms with Gasteiger partial charge in [0.2, 0.25) is 0 Å². The zero-order chi connectivity index (χ0) is 18.5. The number of fused-ring (bicyclic) bond motifs is 5. The first-order valence-electron chi connectivity index (χ1n) is 10.5. The molecule has 4 aliphatic carbocycles. The van der Waals surface area contributed by atoms with E-state index in [1.807, 2.05) is 0 Å². The van der Waals surface area contributed by atoms with Gasteiger partial charge in [0.1, 0.15) is 12.4 Å². The first-order chi connectivity index (χ1) is 12.4. The number of carbonyl (C=O) groups is 1. The fourth-order valence-electron chi connectivity index (χ4n) is 7.07. The topological polar surface area (TPSA) is 84.9 Å². The Hall–Kier alpha value is -0.940. The molecule has 4 saturated carbocycles. The molecule has 146 valence electrons. The van der Waals surface area contributed by atoms with Crippen LogP contribution in [-0.4, -0.2) is 35.9 Å². The third kappa shape index (κ3) is 2.65. The molecule has 1 unspecified atom stereocenters. The van der Waals surface area contributed by atoms with Crippen LogP contribution in [0.1, 0.15) is 65.2 Å². The van der Waals surface area contributed by atoms with Gasteiger partial charge in [0.15, 0.2) is 0 Å². The summed E-state index contributed by atoms with van der Waals surface area (Å²) in [5, 5.41) is 15.4. The largest absolute Gasteiger partial charge is 0.395 e. The van der Waals surface area contributed by atoms with Gasteiger partial charge in [0.25, 0.3) is 0 Å². The summed E-state index contributed by atoms with van der Waals surface area (Å²) in [6.45, 7) is 5.56. The predicted octanol–water partition coefficient (Wildman–Crippen LogP) is 2.90. The van der Waals surface area contributed by atoms with E-state index in [-0.39, 0.29) is 16.9 Å². The molecular formula is C21H34N2O3. The Morgan fingerprint density at radius 2 is 2.04 bits per heavy atom. The maximum atomic E-state index is 12.5. The number of nitrogens with two attached hydrogens (primary N) is 1. The van der Waals surface area contributed by atoms with Gasteiger partial charge in [0, 0.05) is 18.4 Å². The lowest BCUT2D eigenvalue weighted by atomic mass is 9.44. The molecule has 0 aromatic heterocycles. The van der Waals surface area contributed by atoms with Gasteiger partial charge >= 0.3 is 0 Å². The molecule has 0 spiro atoms. The average molecular weight is 363 g/mol. The van der Waals surface area contributed by atoms with E-state index >= 15 is 0 Å². The molecule has 0 saturated heterocycles. The Morgan fingerprint density at radius 1 is 1.23 bits per heavy atom. The molecule has 0 heterocycles. The first-order valence-corrected chi connectivity index (χ1v) is 10.5. The van der Waals surface area contributed by atoms with Crippen LogP contribution >= 0.6 is 0 Å². The highest BCUT2D eigenvalue weighted by molar-refractivity contribution is 5.87. The number of carbonyl (C=O) groups excluding carboxylic acids is 1. The van der Waals surface area contributed by atoms with Gasteiger partial charge in [-0.1, -0.05) is 19.0 Å². The van der Waals surface area contributed by atoms with E-state index in [1.165, 1.54) is 0 Å². The lowest BCUT2D eigenvalue weighted by Gasteiger charge is -2.60. The molecule has 4 fully saturated rings. The molecule has 0 aliphatic heterocycles. The number of aliphatic hydroxyl groups is 1. The lowest BCUT2D eigenvalue weighted by Crippen LogP contribution is -2.58. The molecule has 0 aromatic rings. The third-order valence-electron chi connectivity index (χ3n) is 8.63. The van der Waals surface area contributed by atoms with Crippen molar-refractivity contribution in [1.29, 1.82) is 0 Å². The minimum absolute atomic E-state index is 0.178. The molecule has 5 heteroatoms. The Kier molecular flexibility index (Phi) is 4.67. The van der Waals surface area contributed by atoms with Crippen LogP contribution in [-0.2, 0) is 9.63 Å². The van der Waals surface area contributed by atoms with Gasteiger partial charge in [0.05, 0.1) is 11.8 Å². The normalized spacial score (nSPS) is 49.5. The van der Waals surface area contributed by atoms with Crippen molar-refractivity contribution < 1.29 is 14.7 Å². The quantitative estimate of drug-likeness (QED) is 0.597. The zero-order valence-electron chi connectivity index (χ0n) is 16.2. The summed E-state index contributed by atoms with van der Waals surface area (Å²) in [6, 6.07) is 0. The number of ketones is 1. The molecule has 5 nitrogen and oxygen atoms in total. The molecule has 0 bridgehead atoms. The molecule has 4 aliphatic rings. The van der Waals surface area contributed by atoms with Gasteiger partial charge < -0.3 is 15.7 Å². The van der Waals surface area contributed by atoms with Crippen molar-refractivity contribution in [3.63, 3.8) is 0 Å². The minimum atomic E-state index is -0.280. The number of aliphatic hydroxyl groups excluding tert-OH is 1. The Morgan fingerprint density at radius 3 is 2.81 bits per heavy atom. The van der Waals surface area contributed by atoms with Crippen LogP contribution in [0.4, 0.5) is 0 Å². The number of oxime groups is 1. The molecule has 4 rings (SSSR count). The number of hydrogen-bond donors (Lipinski definition) is 2. The van der Waals surface area contributed by atoms with E-state index in [0.29, 0.717) is 49.0 Å². The van der Waals surface area contributed by atoms with E-state index < -0.39 is 0 Å². The number of rotatable bonds is 3. The van der Waals surface area contributed by atoms with Gasteiger partial charge in [-0.05, 0) is 74.0 Å². The van der Waals surface area contributed by atoms with Crippen molar-refractivity contribution in [3.8, 4) is 0 Å². The summed E-state index contributed by atoms with van der Waals surface area (Å²) in [5.41, 5.74) is 6.68. The molecular weight excluding hydrogens is 328 g/mol. The monoisotopic (exact) mass is 362 g/mol. The second-order valence-electron chi connectivity index (χ2n) is 9.70. The summed E-state index contributed by atoms with van der Waals surface area (Å²) >= 11 is 0. The van der Waals surface area contributed by atoms with Crippen molar-refractivity contribution in [2.75, 3.05) is 13.2 Å². The number of Topliss-reactive ketones (excluding diaryl/α,β-unsaturated/α-hetero) is 1. The van der Waals surface area contributed by atoms with Crippen molar-refractivity contribution >= 4 is 11.5 Å². The molecule has 0 amide bonds. The van der Waals surface area contributed by atoms with Gasteiger partial charge in [-0.15, -0.1) is 0 Å². The molecule has 7 atom stereocenters. The fraction of sp³-hybridized carbons (Fsp3) is 0.905. The zero-order valence-corrected chi connectivity index (χ0v) is 16.2. The SMILES string of the molecule is C[C@]12CCC(=NOCCN)CC1C[C@@H](O)[C@@H]1[C@@H]2CC[C@]2(C)C(=O)CC[C@@H]12. The van der Waals surface area contributed by atoms with Gasteiger partial charge in [-0.25, -0.2) is 0 Å². The average Bonchev–Trinajstić information content (AvgIpc) is 2.92. The van der Waals surface area contributed by atoms with Crippen molar-refractivity contribution in [3.05, 3.63) is 0 Å². The van der Waals surface area contributed by atoms with Crippen molar-refractivity contribution in [2.45, 2.75) is 71.3 Å². The number of hydrogen-bond acceptors (Lipinski definition) is 5. The van der Waals surface area contributed by atoms with E-state index in [2.05, 4.69) is 19.0 Å². The summed E-state index contributed by atoms with van der Waals surface area (Å²) in [4.78, 5) is 17.8. The molecule has 3 N–H and O–H groups in total. The summed E-state index contributed by atoms with van der Waals surface area (Å²) in [7, 11) is 0. The first kappa shape index (κ1) is 18.4. The van der Waals surface area contributed by atoms with Crippen LogP contribution in [0.5, 0.6) is 0 Å².